The molecule has 2 N–H and O–H groups in total. The van der Waals surface area contributed by atoms with Gasteiger partial charge >= 0.3 is 0 Å². The maximum Gasteiger partial charge on any atom is 0.0459 e. The van der Waals surface area contributed by atoms with Crippen LogP contribution in [0.1, 0.15) is 37.9 Å². The molecular formula is C18H27N3. The van der Waals surface area contributed by atoms with Gasteiger partial charge in [0.1, 0.15) is 0 Å². The third kappa shape index (κ3) is 2.85. The van der Waals surface area contributed by atoms with E-state index in [1.165, 1.54) is 35.0 Å². The van der Waals surface area contributed by atoms with Crippen LogP contribution >= 0.6 is 0 Å². The van der Waals surface area contributed by atoms with Crippen molar-refractivity contribution in [3.63, 3.8) is 0 Å². The van der Waals surface area contributed by atoms with Gasteiger partial charge in [0.25, 0.3) is 0 Å². The number of aryl methyl sites for hydroxylation is 1. The van der Waals surface area contributed by atoms with Crippen LogP contribution in [0.5, 0.6) is 0 Å². The van der Waals surface area contributed by atoms with Crippen molar-refractivity contribution in [1.82, 2.24) is 15.2 Å². The van der Waals surface area contributed by atoms with E-state index >= 15 is 0 Å². The van der Waals surface area contributed by atoms with E-state index in [0.29, 0.717) is 12.1 Å². The highest BCUT2D eigenvalue weighted by Crippen LogP contribution is 2.25. The average molecular weight is 285 g/mol. The van der Waals surface area contributed by atoms with Crippen molar-refractivity contribution in [2.75, 3.05) is 13.1 Å². The largest absolute Gasteiger partial charge is 0.358 e. The molecule has 0 bridgehead atoms. The lowest BCUT2D eigenvalue weighted by molar-refractivity contribution is 0.118. The molecule has 0 aliphatic carbocycles. The highest BCUT2D eigenvalue weighted by molar-refractivity contribution is 5.84. The molecule has 114 valence electrons. The van der Waals surface area contributed by atoms with E-state index in [1.807, 2.05) is 0 Å². The normalized spacial score (nSPS) is 23.8. The first-order valence-electron chi connectivity index (χ1n) is 8.26. The fourth-order valence-corrected chi connectivity index (χ4v) is 3.54. The molecule has 1 aromatic heterocycles. The Morgan fingerprint density at radius 1 is 1.19 bits per heavy atom. The topological polar surface area (TPSA) is 31.1 Å². The van der Waals surface area contributed by atoms with Crippen LogP contribution in [0.25, 0.3) is 10.9 Å². The van der Waals surface area contributed by atoms with E-state index in [9.17, 15) is 0 Å². The van der Waals surface area contributed by atoms with Crippen molar-refractivity contribution in [3.8, 4) is 0 Å². The van der Waals surface area contributed by atoms with Crippen LogP contribution in [0.15, 0.2) is 24.3 Å². The summed E-state index contributed by atoms with van der Waals surface area (Å²) in [6.07, 6.45) is 2.42. The Kier molecular flexibility index (Phi) is 4.32. The number of rotatable bonds is 4. The molecule has 2 atom stereocenters. The molecule has 1 saturated heterocycles. The van der Waals surface area contributed by atoms with Gasteiger partial charge < -0.3 is 10.3 Å². The number of aromatic amines is 1. The fourth-order valence-electron chi connectivity index (χ4n) is 3.54. The van der Waals surface area contributed by atoms with Crippen LogP contribution in [0.4, 0.5) is 0 Å². The van der Waals surface area contributed by atoms with Gasteiger partial charge in [-0.25, -0.2) is 0 Å². The molecule has 0 radical (unpaired) electrons. The van der Waals surface area contributed by atoms with Crippen LogP contribution in [0.3, 0.4) is 0 Å². The van der Waals surface area contributed by atoms with Gasteiger partial charge in [0.05, 0.1) is 0 Å². The van der Waals surface area contributed by atoms with E-state index in [2.05, 4.69) is 60.2 Å². The van der Waals surface area contributed by atoms with Gasteiger partial charge in [0, 0.05) is 48.3 Å². The van der Waals surface area contributed by atoms with Crippen LogP contribution in [0.2, 0.25) is 0 Å². The van der Waals surface area contributed by atoms with Crippen molar-refractivity contribution in [2.24, 2.45) is 0 Å². The summed E-state index contributed by atoms with van der Waals surface area (Å²) in [5.41, 5.74) is 4.05. The summed E-state index contributed by atoms with van der Waals surface area (Å²) in [5, 5.41) is 5.07. The van der Waals surface area contributed by atoms with Gasteiger partial charge in [-0.1, -0.05) is 32.0 Å². The molecule has 3 heteroatoms. The second-order valence-electron chi connectivity index (χ2n) is 6.28. The number of nitrogens with one attached hydrogen (secondary N) is 2. The number of nitrogens with zero attached hydrogens (tertiary/aromatic N) is 1. The minimum absolute atomic E-state index is 0.637. The average Bonchev–Trinajstić information content (AvgIpc) is 2.83. The molecule has 3 nitrogen and oxygen atoms in total. The van der Waals surface area contributed by atoms with E-state index < -0.39 is 0 Å². The van der Waals surface area contributed by atoms with E-state index in [0.717, 1.165) is 19.6 Å². The van der Waals surface area contributed by atoms with E-state index in [-0.39, 0.29) is 0 Å². The fraction of sp³-hybridized carbons (Fsp3) is 0.556. The highest BCUT2D eigenvalue weighted by Gasteiger charge is 2.26. The van der Waals surface area contributed by atoms with E-state index in [4.69, 9.17) is 0 Å². The predicted molar refractivity (Wildman–Crippen MR) is 89.6 cm³/mol. The number of hydrogen-bond acceptors (Lipinski definition) is 2. The van der Waals surface area contributed by atoms with Crippen molar-refractivity contribution in [2.45, 2.75) is 52.2 Å². The first-order valence-corrected chi connectivity index (χ1v) is 8.26. The Morgan fingerprint density at radius 3 is 2.76 bits per heavy atom. The monoisotopic (exact) mass is 285 g/mol. The lowest BCUT2D eigenvalue weighted by Crippen LogP contribution is -2.55. The number of para-hydroxylation sites is 1. The summed E-state index contributed by atoms with van der Waals surface area (Å²) in [7, 11) is 0. The Morgan fingerprint density at radius 2 is 2.00 bits per heavy atom. The number of H-pyrrole nitrogens is 1. The number of hydrogen-bond donors (Lipinski definition) is 2. The van der Waals surface area contributed by atoms with Crippen LogP contribution in [-0.2, 0) is 6.54 Å². The lowest BCUT2D eigenvalue weighted by atomic mass is 10.0. The Bertz CT molecular complexity index is 602. The zero-order chi connectivity index (χ0) is 14.8. The Labute approximate surface area is 127 Å². The smallest absolute Gasteiger partial charge is 0.0459 e. The summed E-state index contributed by atoms with van der Waals surface area (Å²) in [4.78, 5) is 6.21. The lowest BCUT2D eigenvalue weighted by Gasteiger charge is -2.40. The Hall–Kier alpha value is -1.32. The third-order valence-corrected chi connectivity index (χ3v) is 4.97. The maximum atomic E-state index is 3.68. The maximum absolute atomic E-state index is 3.68. The number of benzene rings is 1. The molecule has 3 rings (SSSR count). The van der Waals surface area contributed by atoms with Gasteiger partial charge in [-0.2, -0.15) is 0 Å². The minimum atomic E-state index is 0.637. The second-order valence-corrected chi connectivity index (χ2v) is 6.28. The summed E-state index contributed by atoms with van der Waals surface area (Å²) in [5.74, 6) is 0. The standard InChI is InChI=1S/C18H27N3/c1-4-14-11-21(15(5-2)10-19-14)12-17-13(3)20-18-9-7-6-8-16(17)18/h6-9,14-15,19-20H,4-5,10-12H2,1-3H3. The molecule has 1 aromatic carbocycles. The summed E-state index contributed by atoms with van der Waals surface area (Å²) in [6.45, 7) is 10.1. The van der Waals surface area contributed by atoms with Gasteiger partial charge in [0.2, 0.25) is 0 Å². The molecule has 0 saturated carbocycles. The van der Waals surface area contributed by atoms with Gasteiger partial charge in [0.15, 0.2) is 0 Å². The van der Waals surface area contributed by atoms with Crippen molar-refractivity contribution >= 4 is 10.9 Å². The summed E-state index contributed by atoms with van der Waals surface area (Å²) < 4.78 is 0. The van der Waals surface area contributed by atoms with Gasteiger partial charge in [-0.3, -0.25) is 4.90 Å². The van der Waals surface area contributed by atoms with Gasteiger partial charge in [-0.05, 0) is 31.4 Å². The van der Waals surface area contributed by atoms with Crippen molar-refractivity contribution in [1.29, 1.82) is 0 Å². The molecule has 2 unspecified atom stereocenters. The number of piperazine rings is 1. The van der Waals surface area contributed by atoms with Crippen molar-refractivity contribution in [3.05, 3.63) is 35.5 Å². The van der Waals surface area contributed by atoms with Crippen molar-refractivity contribution < 1.29 is 0 Å². The molecule has 0 spiro atoms. The molecular weight excluding hydrogens is 258 g/mol. The predicted octanol–water partition coefficient (Wildman–Crippen LogP) is 3.44. The first-order chi connectivity index (χ1) is 10.2. The number of fused-ring (bicyclic) bond motifs is 1. The summed E-state index contributed by atoms with van der Waals surface area (Å²) in [6, 6.07) is 9.96. The van der Waals surface area contributed by atoms with Gasteiger partial charge in [-0.15, -0.1) is 0 Å². The first kappa shape index (κ1) is 14.6. The second kappa shape index (κ2) is 6.20. The number of aromatic nitrogens is 1. The Balaban J connectivity index is 1.87. The quantitative estimate of drug-likeness (QED) is 0.901. The van der Waals surface area contributed by atoms with Crippen LogP contribution < -0.4 is 5.32 Å². The molecule has 1 fully saturated rings. The molecule has 1 aliphatic heterocycles. The van der Waals surface area contributed by atoms with E-state index in [1.54, 1.807) is 0 Å². The minimum Gasteiger partial charge on any atom is -0.358 e. The molecule has 1 aliphatic rings. The molecule has 2 heterocycles. The highest BCUT2D eigenvalue weighted by atomic mass is 15.2. The summed E-state index contributed by atoms with van der Waals surface area (Å²) >= 11 is 0. The van der Waals surface area contributed by atoms with Crippen LogP contribution in [-0.4, -0.2) is 35.1 Å². The zero-order valence-corrected chi connectivity index (χ0v) is 13.4. The zero-order valence-electron chi connectivity index (χ0n) is 13.4. The van der Waals surface area contributed by atoms with Crippen LogP contribution in [0, 0.1) is 6.92 Å². The molecule has 21 heavy (non-hydrogen) atoms. The molecule has 2 aromatic rings. The third-order valence-electron chi connectivity index (χ3n) is 4.97. The SMILES string of the molecule is CCC1CN(Cc2c(C)[nH]c3ccccc23)C(CC)CN1. The molecule has 0 amide bonds.